The Morgan fingerprint density at radius 1 is 1.05 bits per heavy atom. The summed E-state index contributed by atoms with van der Waals surface area (Å²) >= 11 is 0. The molecular formula is C17H12N2O3. The maximum atomic E-state index is 12.8. The van der Waals surface area contributed by atoms with E-state index in [-0.39, 0.29) is 11.8 Å². The van der Waals surface area contributed by atoms with Crippen molar-refractivity contribution in [1.29, 1.82) is 0 Å². The van der Waals surface area contributed by atoms with Crippen molar-refractivity contribution >= 4 is 28.4 Å². The van der Waals surface area contributed by atoms with Crippen molar-refractivity contribution in [3.05, 3.63) is 59.8 Å². The lowest BCUT2D eigenvalue weighted by Crippen LogP contribution is -2.29. The Labute approximate surface area is 126 Å². The predicted octanol–water partition coefficient (Wildman–Crippen LogP) is 2.98. The molecule has 3 aromatic rings. The summed E-state index contributed by atoms with van der Waals surface area (Å²) < 4.78 is 5.17. The highest BCUT2D eigenvalue weighted by molar-refractivity contribution is 6.37. The average molecular weight is 292 g/mol. The Kier molecular flexibility index (Phi) is 2.56. The number of fused-ring (bicyclic) bond motifs is 3. The SMILES string of the molecule is COc1cccc(N2C(=O)c3ccc4[nH]ccc4c3C2=O)c1. The van der Waals surface area contributed by atoms with Gasteiger partial charge in [0, 0.05) is 23.2 Å². The number of nitrogens with zero attached hydrogens (tertiary/aromatic N) is 1. The van der Waals surface area contributed by atoms with E-state index in [1.54, 1.807) is 43.6 Å². The Bertz CT molecular complexity index is 927. The Morgan fingerprint density at radius 3 is 2.73 bits per heavy atom. The monoisotopic (exact) mass is 292 g/mol. The first kappa shape index (κ1) is 12.6. The second-order valence-corrected chi connectivity index (χ2v) is 5.07. The number of aromatic amines is 1. The quantitative estimate of drug-likeness (QED) is 0.739. The third kappa shape index (κ3) is 1.59. The van der Waals surface area contributed by atoms with Gasteiger partial charge in [-0.25, -0.2) is 4.90 Å². The molecule has 0 bridgehead atoms. The minimum atomic E-state index is -0.309. The molecule has 5 nitrogen and oxygen atoms in total. The lowest BCUT2D eigenvalue weighted by Gasteiger charge is -2.14. The number of methoxy groups -OCH3 is 1. The maximum Gasteiger partial charge on any atom is 0.266 e. The molecule has 0 fully saturated rings. The first-order valence-corrected chi connectivity index (χ1v) is 6.83. The van der Waals surface area contributed by atoms with Crippen LogP contribution in [0, 0.1) is 0 Å². The van der Waals surface area contributed by atoms with Crippen molar-refractivity contribution in [3.63, 3.8) is 0 Å². The highest BCUT2D eigenvalue weighted by Gasteiger charge is 2.38. The van der Waals surface area contributed by atoms with Crippen LogP contribution in [0.5, 0.6) is 5.75 Å². The molecule has 0 aliphatic carbocycles. The molecule has 22 heavy (non-hydrogen) atoms. The third-order valence-electron chi connectivity index (χ3n) is 3.90. The van der Waals surface area contributed by atoms with E-state index in [0.29, 0.717) is 22.6 Å². The molecule has 1 aliphatic heterocycles. The Hall–Kier alpha value is -3.08. The topological polar surface area (TPSA) is 62.4 Å². The fraction of sp³-hybridized carbons (Fsp3) is 0.0588. The van der Waals surface area contributed by atoms with E-state index in [0.717, 1.165) is 10.9 Å². The average Bonchev–Trinajstić information content (AvgIpc) is 3.10. The van der Waals surface area contributed by atoms with Gasteiger partial charge in [-0.1, -0.05) is 6.07 Å². The molecule has 2 aromatic carbocycles. The summed E-state index contributed by atoms with van der Waals surface area (Å²) in [4.78, 5) is 29.6. The van der Waals surface area contributed by atoms with Crippen molar-refractivity contribution in [2.24, 2.45) is 0 Å². The maximum absolute atomic E-state index is 12.8. The highest BCUT2D eigenvalue weighted by atomic mass is 16.5. The van der Waals surface area contributed by atoms with E-state index in [9.17, 15) is 9.59 Å². The van der Waals surface area contributed by atoms with Gasteiger partial charge in [0.2, 0.25) is 0 Å². The van der Waals surface area contributed by atoms with Crippen LogP contribution in [0.15, 0.2) is 48.7 Å². The summed E-state index contributed by atoms with van der Waals surface area (Å²) in [5, 5.41) is 0.765. The zero-order chi connectivity index (χ0) is 15.3. The molecule has 0 spiro atoms. The molecule has 4 rings (SSSR count). The van der Waals surface area contributed by atoms with E-state index in [2.05, 4.69) is 4.98 Å². The summed E-state index contributed by atoms with van der Waals surface area (Å²) in [6, 6.07) is 12.2. The van der Waals surface area contributed by atoms with Gasteiger partial charge >= 0.3 is 0 Å². The summed E-state index contributed by atoms with van der Waals surface area (Å²) in [5.74, 6) is -0.0179. The normalized spacial score (nSPS) is 13.8. The van der Waals surface area contributed by atoms with Crippen molar-refractivity contribution < 1.29 is 14.3 Å². The zero-order valence-corrected chi connectivity index (χ0v) is 11.8. The lowest BCUT2D eigenvalue weighted by molar-refractivity contribution is 0.0926. The number of benzene rings is 2. The Balaban J connectivity index is 1.90. The molecule has 0 unspecified atom stereocenters. The predicted molar refractivity (Wildman–Crippen MR) is 82.4 cm³/mol. The van der Waals surface area contributed by atoms with Gasteiger partial charge in [0.05, 0.1) is 23.9 Å². The van der Waals surface area contributed by atoms with Gasteiger partial charge in [-0.2, -0.15) is 0 Å². The van der Waals surface area contributed by atoms with Crippen molar-refractivity contribution in [2.75, 3.05) is 12.0 Å². The number of rotatable bonds is 2. The van der Waals surface area contributed by atoms with Crippen LogP contribution in [0.4, 0.5) is 5.69 Å². The third-order valence-corrected chi connectivity index (χ3v) is 3.90. The van der Waals surface area contributed by atoms with Gasteiger partial charge in [-0.3, -0.25) is 9.59 Å². The van der Waals surface area contributed by atoms with Crippen LogP contribution < -0.4 is 9.64 Å². The summed E-state index contributed by atoms with van der Waals surface area (Å²) in [6.07, 6.45) is 1.76. The fourth-order valence-electron chi connectivity index (χ4n) is 2.85. The smallest absolute Gasteiger partial charge is 0.266 e. The van der Waals surface area contributed by atoms with Gasteiger partial charge in [-0.05, 0) is 30.3 Å². The first-order valence-electron chi connectivity index (χ1n) is 6.83. The number of amides is 2. The molecule has 5 heteroatoms. The number of aromatic nitrogens is 1. The van der Waals surface area contributed by atoms with Gasteiger partial charge in [-0.15, -0.1) is 0 Å². The van der Waals surface area contributed by atoms with Crippen molar-refractivity contribution in [3.8, 4) is 5.75 Å². The Morgan fingerprint density at radius 2 is 1.91 bits per heavy atom. The minimum Gasteiger partial charge on any atom is -0.497 e. The molecule has 1 N–H and O–H groups in total. The van der Waals surface area contributed by atoms with E-state index < -0.39 is 0 Å². The summed E-state index contributed by atoms with van der Waals surface area (Å²) in [5.41, 5.74) is 2.23. The number of hydrogen-bond acceptors (Lipinski definition) is 3. The van der Waals surface area contributed by atoms with Crippen LogP contribution in [0.3, 0.4) is 0 Å². The van der Waals surface area contributed by atoms with E-state index >= 15 is 0 Å². The van der Waals surface area contributed by atoms with Crippen LogP contribution in [-0.2, 0) is 0 Å². The molecule has 1 aliphatic rings. The van der Waals surface area contributed by atoms with E-state index in [1.165, 1.54) is 4.90 Å². The van der Waals surface area contributed by atoms with E-state index in [1.807, 2.05) is 12.1 Å². The molecule has 0 atom stereocenters. The van der Waals surface area contributed by atoms with Gasteiger partial charge in [0.1, 0.15) is 5.75 Å². The van der Waals surface area contributed by atoms with Crippen molar-refractivity contribution in [1.82, 2.24) is 4.98 Å². The number of imide groups is 1. The molecule has 0 radical (unpaired) electrons. The van der Waals surface area contributed by atoms with Crippen LogP contribution in [-0.4, -0.2) is 23.9 Å². The minimum absolute atomic E-state index is 0.307. The number of hydrogen-bond donors (Lipinski definition) is 1. The molecule has 0 saturated heterocycles. The molecule has 0 saturated carbocycles. The molecule has 108 valence electrons. The summed E-state index contributed by atoms with van der Waals surface area (Å²) in [6.45, 7) is 0. The highest BCUT2D eigenvalue weighted by Crippen LogP contribution is 2.34. The number of carbonyl (C=O) groups excluding carboxylic acids is 2. The zero-order valence-electron chi connectivity index (χ0n) is 11.8. The van der Waals surface area contributed by atoms with E-state index in [4.69, 9.17) is 4.74 Å². The molecule has 2 heterocycles. The standard InChI is InChI=1S/C17H12N2O3/c1-22-11-4-2-3-10(9-11)19-16(20)13-5-6-14-12(7-8-18-14)15(13)17(19)21/h2-9,18H,1H3. The molecule has 2 amide bonds. The number of nitrogens with one attached hydrogen (secondary N) is 1. The number of H-pyrrole nitrogens is 1. The fourth-order valence-corrected chi connectivity index (χ4v) is 2.85. The lowest BCUT2D eigenvalue weighted by atomic mass is 10.1. The molecule has 1 aromatic heterocycles. The van der Waals surface area contributed by atoms with Crippen LogP contribution in [0.1, 0.15) is 20.7 Å². The van der Waals surface area contributed by atoms with Gasteiger partial charge < -0.3 is 9.72 Å². The van der Waals surface area contributed by atoms with Gasteiger partial charge in [0.15, 0.2) is 0 Å². The van der Waals surface area contributed by atoms with Gasteiger partial charge in [0.25, 0.3) is 11.8 Å². The second kappa shape index (κ2) is 4.46. The van der Waals surface area contributed by atoms with Crippen LogP contribution in [0.2, 0.25) is 0 Å². The first-order chi connectivity index (χ1) is 10.7. The molecular weight excluding hydrogens is 280 g/mol. The largest absolute Gasteiger partial charge is 0.497 e. The number of anilines is 1. The number of carbonyl (C=O) groups is 2. The van der Waals surface area contributed by atoms with Crippen molar-refractivity contribution in [2.45, 2.75) is 0 Å². The number of ether oxygens (including phenoxy) is 1. The van der Waals surface area contributed by atoms with Crippen LogP contribution in [0.25, 0.3) is 10.9 Å². The summed E-state index contributed by atoms with van der Waals surface area (Å²) in [7, 11) is 1.55. The second-order valence-electron chi connectivity index (χ2n) is 5.07. The van der Waals surface area contributed by atoms with Crippen LogP contribution >= 0.6 is 0 Å².